The van der Waals surface area contributed by atoms with Gasteiger partial charge in [-0.25, -0.2) is 0 Å². The Labute approximate surface area is 294 Å². The molecule has 262 valence electrons. The molecular formula is C42H49N3O5. The molecule has 0 saturated heterocycles. The van der Waals surface area contributed by atoms with Gasteiger partial charge in [-0.1, -0.05) is 56.2 Å². The zero-order chi connectivity index (χ0) is 35.0. The molecule has 0 saturated carbocycles. The highest BCUT2D eigenvalue weighted by Crippen LogP contribution is 2.46. The molecule has 8 nitrogen and oxygen atoms in total. The minimum Gasteiger partial charge on any atom is -0.508 e. The van der Waals surface area contributed by atoms with Gasteiger partial charge >= 0.3 is 0 Å². The highest BCUT2D eigenvalue weighted by Gasteiger charge is 2.38. The van der Waals surface area contributed by atoms with Crippen molar-refractivity contribution in [1.82, 2.24) is 10.3 Å². The van der Waals surface area contributed by atoms with E-state index in [1.165, 1.54) is 17.5 Å². The lowest BCUT2D eigenvalue weighted by atomic mass is 9.68. The third-order valence-electron chi connectivity index (χ3n) is 10.2. The van der Waals surface area contributed by atoms with Crippen LogP contribution >= 0.6 is 0 Å². The first kappa shape index (κ1) is 35.2. The van der Waals surface area contributed by atoms with Crippen LogP contribution in [0, 0.1) is 5.92 Å². The third-order valence-corrected chi connectivity index (χ3v) is 10.2. The molecule has 3 aromatic carbocycles. The van der Waals surface area contributed by atoms with Crippen LogP contribution in [0.15, 0.2) is 79.1 Å². The van der Waals surface area contributed by atoms with Crippen molar-refractivity contribution in [3.8, 4) is 17.2 Å². The molecule has 50 heavy (non-hydrogen) atoms. The fraction of sp³-hybridized carbons (Fsp3) is 0.381. The number of nitrogens with one attached hydrogen (secondary N) is 2. The molecule has 6 rings (SSSR count). The van der Waals surface area contributed by atoms with Gasteiger partial charge in [0.05, 0.1) is 12.8 Å². The molecule has 0 bridgehead atoms. The van der Waals surface area contributed by atoms with E-state index in [4.69, 9.17) is 10.5 Å². The number of rotatable bonds is 15. The number of hydrogen-bond donors (Lipinski definition) is 5. The number of benzene rings is 3. The number of aromatic amines is 1. The number of carbonyl (C=O) groups is 2. The van der Waals surface area contributed by atoms with Crippen LogP contribution < -0.4 is 15.8 Å². The van der Waals surface area contributed by atoms with E-state index < -0.39 is 0 Å². The molecule has 1 aromatic heterocycles. The summed E-state index contributed by atoms with van der Waals surface area (Å²) in [5.41, 5.74) is 14.2. The molecule has 1 aliphatic carbocycles. The number of aromatic nitrogens is 1. The van der Waals surface area contributed by atoms with E-state index in [9.17, 15) is 19.8 Å². The Morgan fingerprint density at radius 2 is 1.70 bits per heavy atom. The molecule has 0 spiro atoms. The standard InChI is InChI=1S/C42H49N3O5/c1-2-3-4-5-6-7-32(46)12-8-27-10-15-38(48)39(23-27)50-21-18-28-9-14-37(47)36(22-28)40-33(41(49)31-16-19-44-26-31)13-11-29-25-35-30(24-34(29)40)17-20-45-42(35)43/h6-7,9-10,14-16,19,22-26,33,40,42,44-45,47-48H,2-5,8,11-13,17-18,20-21,43H2,1H3. The monoisotopic (exact) mass is 675 g/mol. The number of phenolic OH excluding ortho intramolecular Hbond substituents is 2. The highest BCUT2D eigenvalue weighted by molar-refractivity contribution is 5.99. The van der Waals surface area contributed by atoms with Crippen LogP contribution in [0.4, 0.5) is 0 Å². The number of nitrogens with two attached hydrogens (primary N) is 1. The number of allylic oxidation sites excluding steroid dienone is 2. The summed E-state index contributed by atoms with van der Waals surface area (Å²) in [6.45, 7) is 3.25. The lowest BCUT2D eigenvalue weighted by Gasteiger charge is -2.36. The molecular weight excluding hydrogens is 626 g/mol. The van der Waals surface area contributed by atoms with Gasteiger partial charge < -0.3 is 25.7 Å². The summed E-state index contributed by atoms with van der Waals surface area (Å²) in [6, 6.07) is 17.0. The number of phenols is 2. The van der Waals surface area contributed by atoms with Gasteiger partial charge in [-0.3, -0.25) is 14.9 Å². The Hall–Kier alpha value is -4.66. The fourth-order valence-electron chi connectivity index (χ4n) is 7.46. The maximum atomic E-state index is 13.9. The maximum absolute atomic E-state index is 13.9. The van der Waals surface area contributed by atoms with Crippen LogP contribution in [0.25, 0.3) is 0 Å². The predicted octanol–water partition coefficient (Wildman–Crippen LogP) is 7.37. The van der Waals surface area contributed by atoms with Crippen molar-refractivity contribution >= 4 is 11.6 Å². The second-order valence-corrected chi connectivity index (χ2v) is 13.7. The van der Waals surface area contributed by atoms with Crippen LogP contribution in [0.3, 0.4) is 0 Å². The van der Waals surface area contributed by atoms with E-state index in [-0.39, 0.29) is 41.1 Å². The zero-order valence-electron chi connectivity index (χ0n) is 28.9. The van der Waals surface area contributed by atoms with E-state index in [0.717, 1.165) is 66.5 Å². The van der Waals surface area contributed by atoms with Gasteiger partial charge in [0.15, 0.2) is 23.1 Å². The average Bonchev–Trinajstić information content (AvgIpc) is 3.67. The minimum absolute atomic E-state index is 0.0467. The number of H-pyrrole nitrogens is 1. The summed E-state index contributed by atoms with van der Waals surface area (Å²) < 4.78 is 6.06. The van der Waals surface area contributed by atoms with Crippen molar-refractivity contribution in [2.75, 3.05) is 13.2 Å². The first-order valence-electron chi connectivity index (χ1n) is 18.1. The molecule has 8 heteroatoms. The minimum atomic E-state index is -0.341. The third kappa shape index (κ3) is 8.20. The smallest absolute Gasteiger partial charge is 0.168 e. The van der Waals surface area contributed by atoms with Crippen LogP contribution in [0.5, 0.6) is 17.2 Å². The summed E-state index contributed by atoms with van der Waals surface area (Å²) in [5, 5.41) is 25.2. The number of carbonyl (C=O) groups excluding carboxylic acids is 2. The Morgan fingerprint density at radius 3 is 2.50 bits per heavy atom. The SMILES string of the molecule is CCCCCC=CC(=O)CCc1ccc(O)c(OCCc2ccc(O)c(C3c4cc5c(cc4CCC3C(=O)c3cc[nH]c3)C(N)NCC5)c2)c1. The summed E-state index contributed by atoms with van der Waals surface area (Å²) in [7, 11) is 0. The molecule has 3 unspecified atom stereocenters. The molecule has 4 aromatic rings. The number of hydrogen-bond acceptors (Lipinski definition) is 7. The van der Waals surface area contributed by atoms with Crippen molar-refractivity contribution in [2.24, 2.45) is 11.7 Å². The van der Waals surface area contributed by atoms with Gasteiger partial charge in [0, 0.05) is 54.7 Å². The summed E-state index contributed by atoms with van der Waals surface area (Å²) in [5.74, 6) is 0.0706. The van der Waals surface area contributed by atoms with E-state index in [1.807, 2.05) is 30.3 Å². The largest absolute Gasteiger partial charge is 0.508 e. The van der Waals surface area contributed by atoms with Gasteiger partial charge in [-0.2, -0.15) is 0 Å². The molecule has 3 atom stereocenters. The quantitative estimate of drug-likeness (QED) is 0.0504. The predicted molar refractivity (Wildman–Crippen MR) is 196 cm³/mol. The van der Waals surface area contributed by atoms with Gasteiger partial charge in [-0.15, -0.1) is 0 Å². The molecule has 2 aliphatic rings. The number of fused-ring (bicyclic) bond motifs is 2. The normalized spacial score (nSPS) is 18.5. The average molecular weight is 676 g/mol. The van der Waals surface area contributed by atoms with Gasteiger partial charge in [0.25, 0.3) is 0 Å². The Bertz CT molecular complexity index is 1830. The number of aryl methyl sites for hydroxylation is 2. The topological polar surface area (TPSA) is 138 Å². The second kappa shape index (κ2) is 16.4. The number of aromatic hydroxyl groups is 2. The molecule has 0 radical (unpaired) electrons. The van der Waals surface area contributed by atoms with Crippen LogP contribution in [0.2, 0.25) is 0 Å². The highest BCUT2D eigenvalue weighted by atomic mass is 16.5. The van der Waals surface area contributed by atoms with E-state index in [0.29, 0.717) is 43.6 Å². The van der Waals surface area contributed by atoms with E-state index >= 15 is 0 Å². The summed E-state index contributed by atoms with van der Waals surface area (Å²) in [6.07, 6.45) is 15.0. The fourth-order valence-corrected chi connectivity index (χ4v) is 7.46. The van der Waals surface area contributed by atoms with Crippen molar-refractivity contribution in [2.45, 2.75) is 83.2 Å². The van der Waals surface area contributed by atoms with Gasteiger partial charge in [-0.05, 0) is 102 Å². The van der Waals surface area contributed by atoms with Crippen molar-refractivity contribution in [1.29, 1.82) is 0 Å². The van der Waals surface area contributed by atoms with Gasteiger partial charge in [0.2, 0.25) is 0 Å². The molecule has 0 amide bonds. The first-order chi connectivity index (χ1) is 24.3. The Kier molecular flexibility index (Phi) is 11.5. The summed E-state index contributed by atoms with van der Waals surface area (Å²) in [4.78, 5) is 29.3. The van der Waals surface area contributed by atoms with E-state index in [2.05, 4.69) is 29.4 Å². The number of ether oxygens (including phenoxy) is 1. The summed E-state index contributed by atoms with van der Waals surface area (Å²) >= 11 is 0. The Morgan fingerprint density at radius 1 is 0.920 bits per heavy atom. The number of ketones is 2. The van der Waals surface area contributed by atoms with Crippen LogP contribution in [-0.4, -0.2) is 39.9 Å². The molecule has 1 aliphatic heterocycles. The van der Waals surface area contributed by atoms with E-state index in [1.54, 1.807) is 36.7 Å². The second-order valence-electron chi connectivity index (χ2n) is 13.7. The van der Waals surface area contributed by atoms with Crippen molar-refractivity contribution < 1.29 is 24.5 Å². The lowest BCUT2D eigenvalue weighted by molar-refractivity contribution is -0.114. The van der Waals surface area contributed by atoms with Crippen molar-refractivity contribution in [3.05, 3.63) is 124 Å². The van der Waals surface area contributed by atoms with Crippen molar-refractivity contribution in [3.63, 3.8) is 0 Å². The molecule has 2 heterocycles. The maximum Gasteiger partial charge on any atom is 0.168 e. The van der Waals surface area contributed by atoms with Crippen LogP contribution in [-0.2, 0) is 30.5 Å². The first-order valence-corrected chi connectivity index (χ1v) is 18.1. The number of Topliss-reactive ketones (excluding diaryl/α,β-unsaturated/α-hetero) is 1. The molecule has 6 N–H and O–H groups in total. The molecule has 0 fully saturated rings. The lowest BCUT2D eigenvalue weighted by Crippen LogP contribution is -2.36. The zero-order valence-corrected chi connectivity index (χ0v) is 28.9. The Balaban J connectivity index is 1.18. The number of unbranched alkanes of at least 4 members (excludes halogenated alkanes) is 3. The van der Waals surface area contributed by atoms with Crippen LogP contribution in [0.1, 0.15) is 107 Å². The van der Waals surface area contributed by atoms with Gasteiger partial charge in [0.1, 0.15) is 5.75 Å².